The Bertz CT molecular complexity index is 1080. The van der Waals surface area contributed by atoms with Gasteiger partial charge < -0.3 is 15.2 Å². The van der Waals surface area contributed by atoms with Gasteiger partial charge in [-0.25, -0.2) is 0 Å². The molecule has 3 N–H and O–H groups in total. The van der Waals surface area contributed by atoms with E-state index in [0.29, 0.717) is 22.2 Å². The second kappa shape index (κ2) is 6.71. The van der Waals surface area contributed by atoms with Crippen LogP contribution >= 0.6 is 11.6 Å². The molecule has 7 heteroatoms. The molecule has 0 radical (unpaired) electrons. The number of aromatic amines is 1. The Balaban J connectivity index is 1.93. The van der Waals surface area contributed by atoms with Crippen LogP contribution in [0.1, 0.15) is 17.0 Å². The Morgan fingerprint density at radius 1 is 1.26 bits per heavy atom. The van der Waals surface area contributed by atoms with Gasteiger partial charge in [0, 0.05) is 10.6 Å². The van der Waals surface area contributed by atoms with E-state index in [9.17, 15) is 5.26 Å². The molecule has 0 saturated heterocycles. The lowest BCUT2D eigenvalue weighted by Gasteiger charge is -2.24. The van der Waals surface area contributed by atoms with E-state index < -0.39 is 5.92 Å². The van der Waals surface area contributed by atoms with Crippen molar-refractivity contribution in [2.24, 2.45) is 5.73 Å². The minimum absolute atomic E-state index is 0.0497. The summed E-state index contributed by atoms with van der Waals surface area (Å²) in [5, 5.41) is 17.6. The molecule has 6 nitrogen and oxygen atoms in total. The Kier molecular flexibility index (Phi) is 4.22. The monoisotopic (exact) mass is 378 g/mol. The van der Waals surface area contributed by atoms with Crippen molar-refractivity contribution in [1.82, 2.24) is 10.2 Å². The molecule has 0 amide bonds. The van der Waals surface area contributed by atoms with Crippen LogP contribution in [0.15, 0.2) is 60.0 Å². The molecule has 2 aromatic carbocycles. The van der Waals surface area contributed by atoms with E-state index in [4.69, 9.17) is 26.8 Å². The third-order valence-electron chi connectivity index (χ3n) is 4.50. The zero-order valence-electron chi connectivity index (χ0n) is 14.4. The van der Waals surface area contributed by atoms with Crippen LogP contribution in [0.3, 0.4) is 0 Å². The van der Waals surface area contributed by atoms with Gasteiger partial charge in [0.25, 0.3) is 0 Å². The van der Waals surface area contributed by atoms with E-state index in [1.807, 2.05) is 36.4 Å². The molecule has 0 bridgehead atoms. The van der Waals surface area contributed by atoms with Crippen LogP contribution in [-0.4, -0.2) is 17.3 Å². The number of allylic oxidation sites excluding steroid dienone is 1. The maximum absolute atomic E-state index is 9.71. The van der Waals surface area contributed by atoms with Crippen LogP contribution in [0.2, 0.25) is 5.02 Å². The van der Waals surface area contributed by atoms with E-state index >= 15 is 0 Å². The van der Waals surface area contributed by atoms with Crippen molar-refractivity contribution < 1.29 is 9.47 Å². The number of ether oxygens (including phenoxy) is 2. The van der Waals surface area contributed by atoms with Crippen molar-refractivity contribution in [3.63, 3.8) is 0 Å². The summed E-state index contributed by atoms with van der Waals surface area (Å²) in [6, 6.07) is 17.0. The highest BCUT2D eigenvalue weighted by molar-refractivity contribution is 6.30. The molecule has 0 saturated carbocycles. The van der Waals surface area contributed by atoms with Crippen molar-refractivity contribution in [1.29, 1.82) is 5.26 Å². The normalized spacial score (nSPS) is 15.7. The van der Waals surface area contributed by atoms with Gasteiger partial charge >= 0.3 is 0 Å². The summed E-state index contributed by atoms with van der Waals surface area (Å²) < 4.78 is 10.9. The standard InChI is InChI=1S/C20H15ClN4O2/c1-26-14-4-2-3-12(9-14)18-17-16(11-5-7-13(21)8-6-11)15(10-22)19(23)27-20(17)25-24-18/h2-9,16H,23H2,1H3,(H,24,25)/t16-/m1/s1. The fraction of sp³-hybridized carbons (Fsp3) is 0.100. The van der Waals surface area contributed by atoms with Gasteiger partial charge in [-0.1, -0.05) is 35.9 Å². The molecule has 0 fully saturated rings. The van der Waals surface area contributed by atoms with Crippen molar-refractivity contribution in [2.45, 2.75) is 5.92 Å². The van der Waals surface area contributed by atoms with Crippen LogP contribution in [0.5, 0.6) is 11.6 Å². The molecule has 1 aliphatic heterocycles. The second-order valence-electron chi connectivity index (χ2n) is 6.03. The molecular formula is C20H15ClN4O2. The Hall–Kier alpha value is -3.43. The molecule has 0 spiro atoms. The molecule has 134 valence electrons. The first-order chi connectivity index (χ1) is 13.1. The van der Waals surface area contributed by atoms with Gasteiger partial charge in [0.1, 0.15) is 17.4 Å². The SMILES string of the molecule is COc1cccc(-c2[nH]nc3c2[C@H](c2ccc(Cl)cc2)C(C#N)=C(N)O3)c1. The lowest BCUT2D eigenvalue weighted by molar-refractivity contribution is 0.379. The molecule has 1 aromatic heterocycles. The number of nitrogens with zero attached hydrogens (tertiary/aromatic N) is 2. The third kappa shape index (κ3) is 2.88. The van der Waals surface area contributed by atoms with Crippen LogP contribution in [0.4, 0.5) is 0 Å². The highest BCUT2D eigenvalue weighted by Crippen LogP contribution is 2.45. The summed E-state index contributed by atoms with van der Waals surface area (Å²) in [5.41, 5.74) is 9.54. The van der Waals surface area contributed by atoms with Crippen LogP contribution in [0.25, 0.3) is 11.3 Å². The number of benzene rings is 2. The lowest BCUT2D eigenvalue weighted by Crippen LogP contribution is -2.20. The highest BCUT2D eigenvalue weighted by Gasteiger charge is 2.35. The first kappa shape index (κ1) is 17.0. The number of rotatable bonds is 3. The first-order valence-corrected chi connectivity index (χ1v) is 8.56. The van der Waals surface area contributed by atoms with Gasteiger partial charge in [-0.3, -0.25) is 5.10 Å². The van der Waals surface area contributed by atoms with E-state index in [2.05, 4.69) is 16.3 Å². The van der Waals surface area contributed by atoms with E-state index in [0.717, 1.165) is 22.4 Å². The molecular weight excluding hydrogens is 364 g/mol. The largest absolute Gasteiger partial charge is 0.497 e. The summed E-state index contributed by atoms with van der Waals surface area (Å²) in [7, 11) is 1.61. The van der Waals surface area contributed by atoms with Crippen molar-refractivity contribution in [3.8, 4) is 29.0 Å². The summed E-state index contributed by atoms with van der Waals surface area (Å²) >= 11 is 6.03. The van der Waals surface area contributed by atoms with Crippen LogP contribution < -0.4 is 15.2 Å². The smallest absolute Gasteiger partial charge is 0.244 e. The van der Waals surface area contributed by atoms with E-state index in [-0.39, 0.29) is 5.88 Å². The summed E-state index contributed by atoms with van der Waals surface area (Å²) in [5.74, 6) is 0.695. The highest BCUT2D eigenvalue weighted by atomic mass is 35.5. The molecule has 0 aliphatic carbocycles. The van der Waals surface area contributed by atoms with Crippen molar-refractivity contribution >= 4 is 11.6 Å². The summed E-state index contributed by atoms with van der Waals surface area (Å²) in [6.07, 6.45) is 0. The van der Waals surface area contributed by atoms with E-state index in [1.54, 1.807) is 19.2 Å². The average Bonchev–Trinajstić information content (AvgIpc) is 3.11. The number of methoxy groups -OCH3 is 1. The molecule has 4 rings (SSSR count). The maximum atomic E-state index is 9.71. The Morgan fingerprint density at radius 2 is 2.04 bits per heavy atom. The van der Waals surface area contributed by atoms with Crippen LogP contribution in [0, 0.1) is 11.3 Å². The average molecular weight is 379 g/mol. The number of nitriles is 1. The van der Waals surface area contributed by atoms with Crippen molar-refractivity contribution in [3.05, 3.63) is 76.1 Å². The predicted molar refractivity (Wildman–Crippen MR) is 101 cm³/mol. The van der Waals surface area contributed by atoms with Gasteiger partial charge in [0.15, 0.2) is 0 Å². The quantitative estimate of drug-likeness (QED) is 0.719. The number of nitrogens with one attached hydrogen (secondary N) is 1. The Morgan fingerprint density at radius 3 is 2.74 bits per heavy atom. The molecule has 2 heterocycles. The molecule has 0 unspecified atom stereocenters. The second-order valence-corrected chi connectivity index (χ2v) is 6.46. The van der Waals surface area contributed by atoms with Gasteiger partial charge in [0.05, 0.1) is 24.3 Å². The zero-order chi connectivity index (χ0) is 19.0. The van der Waals surface area contributed by atoms with Crippen LogP contribution in [-0.2, 0) is 0 Å². The van der Waals surface area contributed by atoms with Gasteiger partial charge in [0.2, 0.25) is 11.8 Å². The Labute approximate surface area is 160 Å². The molecule has 1 aliphatic rings. The molecule has 27 heavy (non-hydrogen) atoms. The topological polar surface area (TPSA) is 97.0 Å². The minimum atomic E-state index is -0.420. The van der Waals surface area contributed by atoms with Gasteiger partial charge in [-0.15, -0.1) is 5.10 Å². The number of aromatic nitrogens is 2. The molecule has 3 aromatic rings. The summed E-state index contributed by atoms with van der Waals surface area (Å²) in [4.78, 5) is 0. The van der Waals surface area contributed by atoms with E-state index in [1.165, 1.54) is 0 Å². The number of fused-ring (bicyclic) bond motifs is 1. The first-order valence-electron chi connectivity index (χ1n) is 8.18. The van der Waals surface area contributed by atoms with Crippen molar-refractivity contribution in [2.75, 3.05) is 7.11 Å². The van der Waals surface area contributed by atoms with Gasteiger partial charge in [-0.05, 0) is 29.8 Å². The number of H-pyrrole nitrogens is 1. The zero-order valence-corrected chi connectivity index (χ0v) is 15.1. The fourth-order valence-corrected chi connectivity index (χ4v) is 3.36. The summed E-state index contributed by atoms with van der Waals surface area (Å²) in [6.45, 7) is 0. The number of nitrogens with two attached hydrogens (primary N) is 1. The fourth-order valence-electron chi connectivity index (χ4n) is 3.23. The van der Waals surface area contributed by atoms with Gasteiger partial charge in [-0.2, -0.15) is 5.26 Å². The molecule has 1 atom stereocenters. The number of hydrogen-bond acceptors (Lipinski definition) is 5. The third-order valence-corrected chi connectivity index (χ3v) is 4.75. The predicted octanol–water partition coefficient (Wildman–Crippen LogP) is 3.96. The number of hydrogen-bond donors (Lipinski definition) is 2. The lowest BCUT2D eigenvalue weighted by atomic mass is 9.83. The minimum Gasteiger partial charge on any atom is -0.497 e. The maximum Gasteiger partial charge on any atom is 0.244 e. The number of halogens is 1.